The van der Waals surface area contributed by atoms with Crippen LogP contribution in [0.1, 0.15) is 61.8 Å². The summed E-state index contributed by atoms with van der Waals surface area (Å²) in [7, 11) is 0. The molecule has 0 fully saturated rings. The maximum absolute atomic E-state index is 15.8. The lowest BCUT2D eigenvalue weighted by atomic mass is 9.64. The van der Waals surface area contributed by atoms with Crippen molar-refractivity contribution in [3.8, 4) is 11.1 Å². The molecule has 54 heavy (non-hydrogen) atoms. The molecule has 2 N–H and O–H groups in total. The van der Waals surface area contributed by atoms with E-state index in [2.05, 4.69) is 9.97 Å². The Kier molecular flexibility index (Phi) is 10.7. The summed E-state index contributed by atoms with van der Waals surface area (Å²) in [4.78, 5) is 8.55. The first-order valence-corrected chi connectivity index (χ1v) is 17.9. The van der Waals surface area contributed by atoms with Gasteiger partial charge in [0.2, 0.25) is 0 Å². The minimum absolute atomic E-state index is 0.120. The van der Waals surface area contributed by atoms with Crippen LogP contribution in [-0.2, 0) is 12.8 Å². The predicted octanol–water partition coefficient (Wildman–Crippen LogP) is 11.0. The van der Waals surface area contributed by atoms with Crippen molar-refractivity contribution >= 4 is 21.8 Å². The predicted molar refractivity (Wildman–Crippen MR) is 200 cm³/mol. The second kappa shape index (κ2) is 14.8. The number of nitrogens with zero attached hydrogens (tertiary/aromatic N) is 2. The molecule has 4 atom stereocenters. The van der Waals surface area contributed by atoms with Crippen LogP contribution in [-0.4, -0.2) is 43.7 Å². The summed E-state index contributed by atoms with van der Waals surface area (Å²) in [6.07, 6.45) is -9.50. The molecular formula is C44H42F6N2O2. The zero-order chi connectivity index (χ0) is 39.1. The van der Waals surface area contributed by atoms with Crippen LogP contribution < -0.4 is 0 Å². The Morgan fingerprint density at radius 2 is 0.926 bits per heavy atom. The van der Waals surface area contributed by atoms with Crippen LogP contribution in [0.2, 0.25) is 0 Å². The molecule has 6 rings (SSSR count). The summed E-state index contributed by atoms with van der Waals surface area (Å²) in [6.45, 7) is 6.08. The standard InChI is InChI=1S/C44H42F6N2O2/c1-27(2)39(41(53,43(45,46)47)25-31-20-22-51-37-16-10-8-14-33(31)37)35-19-18-30(29-12-6-5-7-13-29)24-36(35)40(28(3)4)42(54,44(48,49)50)26-32-21-23-52-38-17-11-9-15-34(32)38/h5-24,27-28,39-40,53-54H,25-26H2,1-4H3. The second-order valence-corrected chi connectivity index (χ2v) is 14.8. The fourth-order valence-corrected chi connectivity index (χ4v) is 8.25. The van der Waals surface area contributed by atoms with Gasteiger partial charge in [0.1, 0.15) is 0 Å². The van der Waals surface area contributed by atoms with E-state index in [0.717, 1.165) is 0 Å². The van der Waals surface area contributed by atoms with Crippen molar-refractivity contribution in [2.75, 3.05) is 0 Å². The number of benzene rings is 4. The van der Waals surface area contributed by atoms with Crippen LogP contribution in [0.4, 0.5) is 26.3 Å². The molecule has 0 amide bonds. The molecule has 4 nitrogen and oxygen atoms in total. The van der Waals surface area contributed by atoms with Gasteiger partial charge >= 0.3 is 12.4 Å². The first-order chi connectivity index (χ1) is 25.5. The van der Waals surface area contributed by atoms with Crippen LogP contribution in [0, 0.1) is 11.8 Å². The van der Waals surface area contributed by atoms with E-state index in [1.165, 1.54) is 64.4 Å². The smallest absolute Gasteiger partial charge is 0.380 e. The Morgan fingerprint density at radius 1 is 0.500 bits per heavy atom. The van der Waals surface area contributed by atoms with Gasteiger partial charge in [-0.1, -0.05) is 113 Å². The molecular weight excluding hydrogens is 702 g/mol. The average molecular weight is 745 g/mol. The number of halogens is 6. The van der Waals surface area contributed by atoms with Crippen LogP contribution in [0.5, 0.6) is 0 Å². The number of hydrogen-bond acceptors (Lipinski definition) is 4. The molecule has 0 saturated heterocycles. The largest absolute Gasteiger partial charge is 0.418 e. The number of fused-ring (bicyclic) bond motifs is 2. The summed E-state index contributed by atoms with van der Waals surface area (Å²) in [5, 5.41) is 25.4. The lowest BCUT2D eigenvalue weighted by molar-refractivity contribution is -0.275. The van der Waals surface area contributed by atoms with Crippen molar-refractivity contribution in [1.82, 2.24) is 9.97 Å². The van der Waals surface area contributed by atoms with Gasteiger partial charge in [-0.3, -0.25) is 9.97 Å². The molecule has 4 unspecified atom stereocenters. The van der Waals surface area contributed by atoms with Gasteiger partial charge in [-0.25, -0.2) is 0 Å². The SMILES string of the molecule is CC(C)C(c1ccc(-c2ccccc2)cc1C(C(C)C)C(O)(Cc1ccnc2ccccc12)C(F)(F)F)C(O)(Cc1ccnc2ccccc12)C(F)(F)F. The van der Waals surface area contributed by atoms with Crippen molar-refractivity contribution in [2.24, 2.45) is 11.8 Å². The topological polar surface area (TPSA) is 66.2 Å². The van der Waals surface area contributed by atoms with E-state index in [0.29, 0.717) is 32.9 Å². The van der Waals surface area contributed by atoms with Crippen LogP contribution in [0.25, 0.3) is 32.9 Å². The third-order valence-electron chi connectivity index (χ3n) is 10.6. The molecule has 2 aromatic heterocycles. The highest BCUT2D eigenvalue weighted by Gasteiger charge is 2.63. The molecule has 10 heteroatoms. The summed E-state index contributed by atoms with van der Waals surface area (Å²) in [5.74, 6) is -5.40. The van der Waals surface area contributed by atoms with Gasteiger partial charge in [0, 0.05) is 47.8 Å². The maximum Gasteiger partial charge on any atom is 0.418 e. The molecule has 4 aromatic carbocycles. The fourth-order valence-electron chi connectivity index (χ4n) is 8.25. The molecule has 0 spiro atoms. The normalized spacial score (nSPS) is 16.0. The minimum atomic E-state index is -5.24. The van der Waals surface area contributed by atoms with E-state index in [1.807, 2.05) is 0 Å². The second-order valence-electron chi connectivity index (χ2n) is 14.8. The molecule has 2 heterocycles. The Morgan fingerprint density at radius 3 is 1.37 bits per heavy atom. The maximum atomic E-state index is 15.8. The molecule has 0 aliphatic rings. The highest BCUT2D eigenvalue weighted by atomic mass is 19.4. The van der Waals surface area contributed by atoms with E-state index >= 15 is 26.3 Å². The van der Waals surface area contributed by atoms with Crippen molar-refractivity contribution in [3.63, 3.8) is 0 Å². The molecule has 0 aliphatic carbocycles. The third-order valence-corrected chi connectivity index (χ3v) is 10.6. The van der Waals surface area contributed by atoms with Gasteiger partial charge in [0.05, 0.1) is 11.0 Å². The highest BCUT2D eigenvalue weighted by Crippen LogP contribution is 2.54. The van der Waals surface area contributed by atoms with E-state index in [1.54, 1.807) is 84.9 Å². The number of pyridine rings is 2. The number of aliphatic hydroxyl groups is 2. The molecule has 6 aromatic rings. The quantitative estimate of drug-likeness (QED) is 0.130. The number of aromatic nitrogens is 2. The number of para-hydroxylation sites is 2. The third kappa shape index (κ3) is 7.21. The van der Waals surface area contributed by atoms with Crippen LogP contribution >= 0.6 is 0 Å². The first kappa shape index (κ1) is 38.9. The highest BCUT2D eigenvalue weighted by molar-refractivity contribution is 5.83. The summed E-state index contributed by atoms with van der Waals surface area (Å²) >= 11 is 0. The monoisotopic (exact) mass is 744 g/mol. The Bertz CT molecular complexity index is 2230. The molecule has 0 saturated carbocycles. The first-order valence-electron chi connectivity index (χ1n) is 17.9. The van der Waals surface area contributed by atoms with Gasteiger partial charge in [0.15, 0.2) is 11.2 Å². The zero-order valence-electron chi connectivity index (χ0n) is 30.3. The minimum Gasteiger partial charge on any atom is -0.380 e. The number of alkyl halides is 6. The van der Waals surface area contributed by atoms with E-state index < -0.39 is 60.1 Å². The lowest BCUT2D eigenvalue weighted by Crippen LogP contribution is -2.55. The number of rotatable bonds is 11. The molecule has 0 radical (unpaired) electrons. The Labute approximate surface area is 310 Å². The van der Waals surface area contributed by atoms with Gasteiger partial charge in [-0.05, 0) is 69.5 Å². The van der Waals surface area contributed by atoms with Crippen LogP contribution in [0.15, 0.2) is 122 Å². The summed E-state index contributed by atoms with van der Waals surface area (Å²) in [5.41, 5.74) is -4.83. The van der Waals surface area contributed by atoms with Gasteiger partial charge in [0.25, 0.3) is 0 Å². The van der Waals surface area contributed by atoms with Crippen LogP contribution in [0.3, 0.4) is 0 Å². The Hall–Kier alpha value is -4.80. The van der Waals surface area contributed by atoms with Gasteiger partial charge < -0.3 is 10.2 Å². The van der Waals surface area contributed by atoms with Crippen molar-refractivity contribution < 1.29 is 36.6 Å². The number of hydrogen-bond donors (Lipinski definition) is 2. The van der Waals surface area contributed by atoms with Crippen molar-refractivity contribution in [3.05, 3.63) is 144 Å². The van der Waals surface area contributed by atoms with E-state index in [4.69, 9.17) is 0 Å². The van der Waals surface area contributed by atoms with Gasteiger partial charge in [-0.15, -0.1) is 0 Å². The van der Waals surface area contributed by atoms with E-state index in [-0.39, 0.29) is 22.3 Å². The summed E-state index contributed by atoms with van der Waals surface area (Å²) in [6, 6.07) is 29.4. The molecule has 0 aliphatic heterocycles. The lowest BCUT2D eigenvalue weighted by Gasteiger charge is -2.45. The van der Waals surface area contributed by atoms with Crippen molar-refractivity contribution in [2.45, 2.75) is 75.9 Å². The van der Waals surface area contributed by atoms with Gasteiger partial charge in [-0.2, -0.15) is 26.3 Å². The zero-order valence-corrected chi connectivity index (χ0v) is 30.3. The average Bonchev–Trinajstić information content (AvgIpc) is 3.12. The fraction of sp³-hybridized carbons (Fsp3) is 0.318. The molecule has 282 valence electrons. The Balaban J connectivity index is 1.63. The van der Waals surface area contributed by atoms with E-state index in [9.17, 15) is 10.2 Å². The molecule has 0 bridgehead atoms. The summed E-state index contributed by atoms with van der Waals surface area (Å²) < 4.78 is 94.3. The van der Waals surface area contributed by atoms with Crippen molar-refractivity contribution in [1.29, 1.82) is 0 Å².